The quantitative estimate of drug-likeness (QED) is 0.427. The summed E-state index contributed by atoms with van der Waals surface area (Å²) in [6, 6.07) is 29.9. The maximum Gasteiger partial charge on any atom is 0.0971 e. The highest BCUT2D eigenvalue weighted by Gasteiger charge is 2.23. The van der Waals surface area contributed by atoms with Gasteiger partial charge in [0.1, 0.15) is 0 Å². The minimum absolute atomic E-state index is 0.0517. The van der Waals surface area contributed by atoms with Crippen molar-refractivity contribution < 1.29 is 0 Å². The van der Waals surface area contributed by atoms with Gasteiger partial charge in [-0.1, -0.05) is 78.4 Å². The van der Waals surface area contributed by atoms with Crippen LogP contribution in [0.2, 0.25) is 0 Å². The van der Waals surface area contributed by atoms with Crippen molar-refractivity contribution in [1.82, 2.24) is 14.5 Å². The number of nitrogens with zero attached hydrogens (tertiary/aromatic N) is 3. The molecule has 3 aromatic carbocycles. The van der Waals surface area contributed by atoms with E-state index in [0.29, 0.717) is 0 Å². The van der Waals surface area contributed by atoms with Gasteiger partial charge < -0.3 is 4.57 Å². The first kappa shape index (κ1) is 18.8. The molecule has 3 heteroatoms. The molecule has 1 saturated heterocycles. The summed E-state index contributed by atoms with van der Waals surface area (Å²) in [5.74, 6) is 0. The standard InChI is InChI=1S/C27H26N3/c1-21(30-20-28-25-14-8-9-15-26(25)30)29-18-16-24(17-19-29)27(22-10-4-2-5-11-22)23-12-6-3-7-13-23/h2-15,20-21H,1,16-19H2. The maximum atomic E-state index is 4.54. The van der Waals surface area contributed by atoms with Gasteiger partial charge in [-0.15, -0.1) is 0 Å². The van der Waals surface area contributed by atoms with Gasteiger partial charge in [0.05, 0.1) is 23.5 Å². The molecule has 2 heterocycles. The minimum atomic E-state index is 0.0517. The van der Waals surface area contributed by atoms with Gasteiger partial charge in [0, 0.05) is 13.1 Å². The van der Waals surface area contributed by atoms with Crippen molar-refractivity contribution in [2.24, 2.45) is 0 Å². The van der Waals surface area contributed by atoms with E-state index in [-0.39, 0.29) is 6.17 Å². The molecule has 0 saturated carbocycles. The smallest absolute Gasteiger partial charge is 0.0971 e. The zero-order chi connectivity index (χ0) is 20.3. The van der Waals surface area contributed by atoms with Crippen molar-refractivity contribution in [3.63, 3.8) is 0 Å². The summed E-state index contributed by atoms with van der Waals surface area (Å²) in [6.07, 6.45) is 4.08. The fourth-order valence-electron chi connectivity index (χ4n) is 4.52. The van der Waals surface area contributed by atoms with E-state index >= 15 is 0 Å². The van der Waals surface area contributed by atoms with Crippen molar-refractivity contribution in [1.29, 1.82) is 0 Å². The van der Waals surface area contributed by atoms with Crippen LogP contribution in [0.4, 0.5) is 0 Å². The molecule has 0 spiro atoms. The molecular weight excluding hydrogens is 366 g/mol. The first-order valence-corrected chi connectivity index (χ1v) is 10.6. The summed E-state index contributed by atoms with van der Waals surface area (Å²) in [4.78, 5) is 7.01. The average molecular weight is 393 g/mol. The molecular formula is C27H26N3. The molecule has 1 atom stereocenters. The van der Waals surface area contributed by atoms with Gasteiger partial charge in [0.25, 0.3) is 0 Å². The van der Waals surface area contributed by atoms with Crippen molar-refractivity contribution in [2.45, 2.75) is 19.0 Å². The molecule has 4 aromatic rings. The molecule has 1 aliphatic heterocycles. The highest BCUT2D eigenvalue weighted by atomic mass is 15.3. The monoisotopic (exact) mass is 392 g/mol. The minimum Gasteiger partial charge on any atom is -0.314 e. The van der Waals surface area contributed by atoms with Crippen molar-refractivity contribution in [2.75, 3.05) is 13.1 Å². The Morgan fingerprint density at radius 3 is 1.97 bits per heavy atom. The SMILES string of the molecule is [CH2]C(N1CCC(=C(c2ccccc2)c2ccccc2)CC1)n1cnc2ccccc21. The van der Waals surface area contributed by atoms with Crippen LogP contribution < -0.4 is 0 Å². The second-order valence-electron chi connectivity index (χ2n) is 7.87. The molecule has 30 heavy (non-hydrogen) atoms. The number of benzene rings is 3. The summed E-state index contributed by atoms with van der Waals surface area (Å²) in [5.41, 5.74) is 7.71. The molecule has 0 amide bonds. The van der Waals surface area contributed by atoms with E-state index in [0.717, 1.165) is 37.0 Å². The lowest BCUT2D eigenvalue weighted by atomic mass is 9.88. The predicted molar refractivity (Wildman–Crippen MR) is 124 cm³/mol. The van der Waals surface area contributed by atoms with E-state index in [1.54, 1.807) is 0 Å². The van der Waals surface area contributed by atoms with Crippen LogP contribution in [-0.4, -0.2) is 27.5 Å². The molecule has 0 bridgehead atoms. The zero-order valence-electron chi connectivity index (χ0n) is 17.1. The molecule has 5 rings (SSSR count). The third-order valence-electron chi connectivity index (χ3n) is 6.10. The first-order valence-electron chi connectivity index (χ1n) is 10.6. The molecule has 149 valence electrons. The number of hydrogen-bond acceptors (Lipinski definition) is 2. The van der Waals surface area contributed by atoms with E-state index in [4.69, 9.17) is 0 Å². The van der Waals surface area contributed by atoms with Crippen LogP contribution in [-0.2, 0) is 0 Å². The second kappa shape index (κ2) is 8.29. The molecule has 1 fully saturated rings. The van der Waals surface area contributed by atoms with Gasteiger partial charge in [-0.3, -0.25) is 4.90 Å². The van der Waals surface area contributed by atoms with E-state index in [9.17, 15) is 0 Å². The van der Waals surface area contributed by atoms with Crippen LogP contribution in [0.25, 0.3) is 16.6 Å². The van der Waals surface area contributed by atoms with Crippen LogP contribution >= 0.6 is 0 Å². The lowest BCUT2D eigenvalue weighted by Gasteiger charge is -2.35. The number of hydrogen-bond donors (Lipinski definition) is 0. The van der Waals surface area contributed by atoms with Crippen LogP contribution in [0.3, 0.4) is 0 Å². The Hall–Kier alpha value is -3.17. The first-order chi connectivity index (χ1) is 14.8. The van der Waals surface area contributed by atoms with Crippen LogP contribution in [0, 0.1) is 6.92 Å². The Kier molecular flexibility index (Phi) is 5.20. The van der Waals surface area contributed by atoms with Gasteiger partial charge in [-0.05, 0) is 48.6 Å². The number of fused-ring (bicyclic) bond motifs is 1. The summed E-state index contributed by atoms with van der Waals surface area (Å²) in [7, 11) is 0. The van der Waals surface area contributed by atoms with Gasteiger partial charge in [-0.2, -0.15) is 0 Å². The van der Waals surface area contributed by atoms with Gasteiger partial charge >= 0.3 is 0 Å². The Morgan fingerprint density at radius 2 is 1.33 bits per heavy atom. The average Bonchev–Trinajstić information content (AvgIpc) is 3.25. The van der Waals surface area contributed by atoms with Gasteiger partial charge in [0.15, 0.2) is 0 Å². The van der Waals surface area contributed by atoms with Gasteiger partial charge in [-0.25, -0.2) is 4.98 Å². The number of rotatable bonds is 4. The van der Waals surface area contributed by atoms with Crippen molar-refractivity contribution >= 4 is 16.6 Å². The molecule has 3 nitrogen and oxygen atoms in total. The van der Waals surface area contributed by atoms with E-state index in [1.807, 2.05) is 12.4 Å². The number of imidazole rings is 1. The number of likely N-dealkylation sites (tertiary alicyclic amines) is 1. The fourth-order valence-corrected chi connectivity index (χ4v) is 4.52. The number of para-hydroxylation sites is 2. The van der Waals surface area contributed by atoms with E-state index < -0.39 is 0 Å². The van der Waals surface area contributed by atoms with Crippen LogP contribution in [0.1, 0.15) is 30.1 Å². The Morgan fingerprint density at radius 1 is 0.767 bits per heavy atom. The van der Waals surface area contributed by atoms with Crippen molar-refractivity contribution in [3.05, 3.63) is 115 Å². The Bertz CT molecular complexity index is 1110. The lowest BCUT2D eigenvalue weighted by molar-refractivity contribution is 0.166. The molecule has 0 aliphatic carbocycles. The zero-order valence-corrected chi connectivity index (χ0v) is 17.1. The topological polar surface area (TPSA) is 21.1 Å². The van der Waals surface area contributed by atoms with Gasteiger partial charge in [0.2, 0.25) is 0 Å². The number of piperidine rings is 1. The predicted octanol–water partition coefficient (Wildman–Crippen LogP) is 5.97. The van der Waals surface area contributed by atoms with Crippen molar-refractivity contribution in [3.8, 4) is 0 Å². The highest BCUT2D eigenvalue weighted by Crippen LogP contribution is 2.34. The Balaban J connectivity index is 1.42. The van der Waals surface area contributed by atoms with Crippen LogP contribution in [0.15, 0.2) is 96.8 Å². The number of aromatic nitrogens is 2. The molecule has 1 aliphatic rings. The second-order valence-corrected chi connectivity index (χ2v) is 7.87. The lowest BCUT2D eigenvalue weighted by Crippen LogP contribution is -2.36. The third-order valence-corrected chi connectivity index (χ3v) is 6.10. The molecule has 1 unspecified atom stereocenters. The highest BCUT2D eigenvalue weighted by molar-refractivity contribution is 5.82. The third kappa shape index (κ3) is 3.57. The summed E-state index contributed by atoms with van der Waals surface area (Å²) in [6.45, 7) is 6.47. The van der Waals surface area contributed by atoms with Crippen LogP contribution in [0.5, 0.6) is 0 Å². The van der Waals surface area contributed by atoms with E-state index in [1.165, 1.54) is 22.3 Å². The molecule has 0 N–H and O–H groups in total. The Labute approximate surface area is 178 Å². The maximum absolute atomic E-state index is 4.54. The fraction of sp³-hybridized carbons (Fsp3) is 0.185. The molecule has 1 radical (unpaired) electrons. The largest absolute Gasteiger partial charge is 0.314 e. The summed E-state index contributed by atoms with van der Waals surface area (Å²) in [5, 5.41) is 0. The molecule has 1 aromatic heterocycles. The normalized spacial score (nSPS) is 16.0. The van der Waals surface area contributed by atoms with E-state index in [2.05, 4.69) is 100 Å². The summed E-state index contributed by atoms with van der Waals surface area (Å²) < 4.78 is 2.19. The summed E-state index contributed by atoms with van der Waals surface area (Å²) >= 11 is 0.